The molecule has 0 aliphatic heterocycles. The first kappa shape index (κ1) is 32.0. The van der Waals surface area contributed by atoms with Gasteiger partial charge in [0.05, 0.1) is 26.1 Å². The average Bonchev–Trinajstić information content (AvgIpc) is 3.03. The fourth-order valence-electron chi connectivity index (χ4n) is 5.62. The Bertz CT molecular complexity index is 1710. The SMILES string of the molecule is CCOC(=O)Cc1cccc(-c2cc(Cc3cccc(Cc4ccc(O)c(-c5cccc(CC(=O)OCC)c5)c4)c3)ccc2O)c1. The number of aromatic hydroxyl groups is 2. The van der Waals surface area contributed by atoms with Crippen molar-refractivity contribution in [3.63, 3.8) is 0 Å². The van der Waals surface area contributed by atoms with Crippen LogP contribution in [-0.4, -0.2) is 35.4 Å². The van der Waals surface area contributed by atoms with Crippen molar-refractivity contribution in [3.8, 4) is 33.8 Å². The van der Waals surface area contributed by atoms with Gasteiger partial charge < -0.3 is 19.7 Å². The van der Waals surface area contributed by atoms with Crippen LogP contribution in [0.15, 0.2) is 109 Å². The first-order valence-electron chi connectivity index (χ1n) is 15.5. The Morgan fingerprint density at radius 2 is 0.891 bits per heavy atom. The predicted octanol–water partition coefficient (Wildman–Crippen LogP) is 7.82. The molecule has 6 nitrogen and oxygen atoms in total. The van der Waals surface area contributed by atoms with E-state index in [2.05, 4.69) is 18.2 Å². The van der Waals surface area contributed by atoms with Crippen molar-refractivity contribution in [2.24, 2.45) is 0 Å². The van der Waals surface area contributed by atoms with Gasteiger partial charge in [0.1, 0.15) is 11.5 Å². The zero-order valence-corrected chi connectivity index (χ0v) is 26.2. The van der Waals surface area contributed by atoms with Crippen LogP contribution < -0.4 is 0 Å². The minimum atomic E-state index is -0.277. The first-order chi connectivity index (χ1) is 22.3. The van der Waals surface area contributed by atoms with Crippen molar-refractivity contribution in [1.29, 1.82) is 0 Å². The van der Waals surface area contributed by atoms with Crippen LogP contribution >= 0.6 is 0 Å². The summed E-state index contributed by atoms with van der Waals surface area (Å²) in [5.74, 6) is -0.191. The lowest BCUT2D eigenvalue weighted by molar-refractivity contribution is -0.143. The molecular weight excluding hydrogens is 576 g/mol. The topological polar surface area (TPSA) is 93.1 Å². The maximum atomic E-state index is 12.0. The molecule has 0 fully saturated rings. The zero-order chi connectivity index (χ0) is 32.5. The second kappa shape index (κ2) is 15.1. The van der Waals surface area contributed by atoms with Gasteiger partial charge in [-0.05, 0) is 95.5 Å². The lowest BCUT2D eigenvalue weighted by Gasteiger charge is -2.12. The molecule has 0 amide bonds. The third-order valence-corrected chi connectivity index (χ3v) is 7.71. The third kappa shape index (κ3) is 8.42. The molecule has 6 heteroatoms. The van der Waals surface area contributed by atoms with Crippen molar-refractivity contribution >= 4 is 11.9 Å². The van der Waals surface area contributed by atoms with Crippen LogP contribution in [0.2, 0.25) is 0 Å². The van der Waals surface area contributed by atoms with Crippen LogP contribution in [0.4, 0.5) is 0 Å². The number of hydrogen-bond donors (Lipinski definition) is 2. The molecule has 5 aromatic rings. The third-order valence-electron chi connectivity index (χ3n) is 7.71. The molecule has 0 saturated heterocycles. The van der Waals surface area contributed by atoms with E-state index in [4.69, 9.17) is 9.47 Å². The number of rotatable bonds is 12. The number of phenolic OH excluding ortho intramolecular Hbond substituents is 2. The molecule has 0 bridgehead atoms. The van der Waals surface area contributed by atoms with E-state index in [0.717, 1.165) is 44.5 Å². The Balaban J connectivity index is 1.32. The number of benzene rings is 5. The summed E-state index contributed by atoms with van der Waals surface area (Å²) in [6.07, 6.45) is 1.72. The zero-order valence-electron chi connectivity index (χ0n) is 26.2. The molecule has 0 aromatic heterocycles. The highest BCUT2D eigenvalue weighted by Crippen LogP contribution is 2.33. The number of phenols is 2. The Hall–Kier alpha value is -5.36. The van der Waals surface area contributed by atoms with Crippen molar-refractivity contribution in [2.75, 3.05) is 13.2 Å². The summed E-state index contributed by atoms with van der Waals surface area (Å²) in [6.45, 7) is 4.25. The minimum Gasteiger partial charge on any atom is -0.507 e. The summed E-state index contributed by atoms with van der Waals surface area (Å²) in [5, 5.41) is 21.4. The lowest BCUT2D eigenvalue weighted by Crippen LogP contribution is -2.07. The minimum absolute atomic E-state index is 0.180. The van der Waals surface area contributed by atoms with Gasteiger partial charge in [-0.1, -0.05) is 84.9 Å². The summed E-state index contributed by atoms with van der Waals surface area (Å²) >= 11 is 0. The van der Waals surface area contributed by atoms with Crippen molar-refractivity contribution in [3.05, 3.63) is 143 Å². The second-order valence-electron chi connectivity index (χ2n) is 11.2. The molecule has 0 heterocycles. The van der Waals surface area contributed by atoms with Crippen molar-refractivity contribution < 1.29 is 29.3 Å². The van der Waals surface area contributed by atoms with Crippen molar-refractivity contribution in [2.45, 2.75) is 39.5 Å². The molecule has 0 aliphatic carbocycles. The lowest BCUT2D eigenvalue weighted by atomic mass is 9.94. The molecule has 46 heavy (non-hydrogen) atoms. The normalized spacial score (nSPS) is 10.8. The van der Waals surface area contributed by atoms with Gasteiger partial charge in [0, 0.05) is 11.1 Å². The van der Waals surface area contributed by atoms with Crippen LogP contribution in [-0.2, 0) is 44.7 Å². The molecule has 0 aliphatic rings. The number of hydrogen-bond acceptors (Lipinski definition) is 6. The predicted molar refractivity (Wildman–Crippen MR) is 180 cm³/mol. The monoisotopic (exact) mass is 614 g/mol. The van der Waals surface area contributed by atoms with E-state index in [1.165, 1.54) is 0 Å². The van der Waals surface area contributed by atoms with Crippen LogP contribution in [0.1, 0.15) is 47.2 Å². The summed E-state index contributed by atoms with van der Waals surface area (Å²) < 4.78 is 10.2. The maximum absolute atomic E-state index is 12.0. The molecule has 0 spiro atoms. The number of carbonyl (C=O) groups is 2. The number of carbonyl (C=O) groups excluding carboxylic acids is 2. The first-order valence-corrected chi connectivity index (χ1v) is 15.5. The molecule has 5 rings (SSSR count). The van der Waals surface area contributed by atoms with Gasteiger partial charge in [0.15, 0.2) is 0 Å². The fourth-order valence-corrected chi connectivity index (χ4v) is 5.62. The van der Waals surface area contributed by atoms with Crippen LogP contribution in [0.3, 0.4) is 0 Å². The number of ether oxygens (including phenoxy) is 2. The van der Waals surface area contributed by atoms with E-state index in [1.807, 2.05) is 78.9 Å². The van der Waals surface area contributed by atoms with E-state index >= 15 is 0 Å². The number of esters is 2. The second-order valence-corrected chi connectivity index (χ2v) is 11.2. The highest BCUT2D eigenvalue weighted by atomic mass is 16.5. The maximum Gasteiger partial charge on any atom is 0.310 e. The summed E-state index contributed by atoms with van der Waals surface area (Å²) in [6, 6.07) is 34.9. The smallest absolute Gasteiger partial charge is 0.310 e. The molecule has 0 atom stereocenters. The van der Waals surface area contributed by atoms with Gasteiger partial charge in [0.25, 0.3) is 0 Å². The van der Waals surface area contributed by atoms with Crippen molar-refractivity contribution in [1.82, 2.24) is 0 Å². The molecule has 0 radical (unpaired) electrons. The van der Waals surface area contributed by atoms with Gasteiger partial charge in [0.2, 0.25) is 0 Å². The Kier molecular flexibility index (Phi) is 10.5. The van der Waals surface area contributed by atoms with Gasteiger partial charge >= 0.3 is 11.9 Å². The van der Waals surface area contributed by atoms with Crippen LogP contribution in [0.5, 0.6) is 11.5 Å². The van der Waals surface area contributed by atoms with Gasteiger partial charge in [-0.15, -0.1) is 0 Å². The quantitative estimate of drug-likeness (QED) is 0.139. The average molecular weight is 615 g/mol. The van der Waals surface area contributed by atoms with Crippen LogP contribution in [0.25, 0.3) is 22.3 Å². The highest BCUT2D eigenvalue weighted by Gasteiger charge is 2.12. The molecule has 234 valence electrons. The van der Waals surface area contributed by atoms with Gasteiger partial charge in [-0.25, -0.2) is 0 Å². The highest BCUT2D eigenvalue weighted by molar-refractivity contribution is 5.77. The summed E-state index contributed by atoms with van der Waals surface area (Å²) in [4.78, 5) is 24.0. The molecule has 2 N–H and O–H groups in total. The summed E-state index contributed by atoms with van der Waals surface area (Å²) in [7, 11) is 0. The van der Waals surface area contributed by atoms with E-state index in [-0.39, 0.29) is 36.3 Å². The van der Waals surface area contributed by atoms with Gasteiger partial charge in [-0.3, -0.25) is 9.59 Å². The fraction of sp³-hybridized carbons (Fsp3) is 0.200. The molecular formula is C40H38O6. The van der Waals surface area contributed by atoms with Gasteiger partial charge in [-0.2, -0.15) is 0 Å². The Morgan fingerprint density at radius 1 is 0.500 bits per heavy atom. The Morgan fingerprint density at radius 3 is 1.33 bits per heavy atom. The van der Waals surface area contributed by atoms with E-state index < -0.39 is 0 Å². The molecule has 0 unspecified atom stereocenters. The van der Waals surface area contributed by atoms with E-state index in [0.29, 0.717) is 37.2 Å². The van der Waals surface area contributed by atoms with Crippen LogP contribution in [0, 0.1) is 0 Å². The summed E-state index contributed by atoms with van der Waals surface area (Å²) in [5.41, 5.74) is 9.13. The largest absolute Gasteiger partial charge is 0.507 e. The molecule has 5 aromatic carbocycles. The molecule has 0 saturated carbocycles. The Labute approximate surface area is 269 Å². The van der Waals surface area contributed by atoms with E-state index in [1.54, 1.807) is 26.0 Å². The standard InChI is InChI=1S/C40H38O6/c1-3-45-39(43)25-29-10-6-12-33(21-29)35-23-31(14-16-37(35)41)19-27-8-5-9-28(18-27)20-32-15-17-38(42)36(24-32)34-13-7-11-30(22-34)26-40(44)46-4-2/h5-18,21-24,41-42H,3-4,19-20,25-26H2,1-2H3. The van der Waals surface area contributed by atoms with E-state index in [9.17, 15) is 19.8 Å².